The minimum absolute atomic E-state index is 0.379. The molecule has 1 amide bonds. The van der Waals surface area contributed by atoms with E-state index in [1.165, 1.54) is 37.3 Å². The highest BCUT2D eigenvalue weighted by Gasteiger charge is 2.33. The monoisotopic (exact) mass is 523 g/mol. The molecule has 9 nitrogen and oxygen atoms in total. The van der Waals surface area contributed by atoms with Crippen LogP contribution >= 0.6 is 0 Å². The molecule has 0 spiro atoms. The fourth-order valence-corrected chi connectivity index (χ4v) is 6.36. The number of likely N-dealkylation sites (tertiary alicyclic amines) is 1. The van der Waals surface area contributed by atoms with Gasteiger partial charge in [0.05, 0.1) is 18.8 Å². The molecule has 5 heterocycles. The number of aryl methyl sites for hydroxylation is 1. The number of carbonyl (C=O) groups excluding carboxylic acids is 1. The number of piperazine rings is 1. The van der Waals surface area contributed by atoms with Crippen LogP contribution < -0.4 is 14.5 Å². The van der Waals surface area contributed by atoms with Crippen molar-refractivity contribution < 1.29 is 13.9 Å². The summed E-state index contributed by atoms with van der Waals surface area (Å²) in [6, 6.07) is 2.96. The molecule has 204 valence electrons. The number of halogens is 1. The number of nitrogens with zero attached hydrogens (tertiary/aromatic N) is 7. The van der Waals surface area contributed by atoms with Crippen LogP contribution in [0.5, 0.6) is 6.01 Å². The zero-order chi connectivity index (χ0) is 26.2. The van der Waals surface area contributed by atoms with E-state index in [-0.39, 0.29) is 0 Å². The van der Waals surface area contributed by atoms with Crippen LogP contribution in [-0.2, 0) is 30.7 Å². The van der Waals surface area contributed by atoms with Crippen LogP contribution in [0.1, 0.15) is 55.0 Å². The number of amides is 1. The van der Waals surface area contributed by atoms with Gasteiger partial charge in [-0.15, -0.1) is 0 Å². The number of aromatic nitrogens is 3. The van der Waals surface area contributed by atoms with Crippen molar-refractivity contribution in [3.05, 3.63) is 34.6 Å². The number of hydrogen-bond acceptors (Lipinski definition) is 8. The van der Waals surface area contributed by atoms with Crippen LogP contribution in [0.4, 0.5) is 16.0 Å². The zero-order valence-corrected chi connectivity index (χ0v) is 22.5. The lowest BCUT2D eigenvalue weighted by molar-refractivity contribution is -0.136. The maximum absolute atomic E-state index is 13.6. The molecule has 0 saturated carbocycles. The summed E-state index contributed by atoms with van der Waals surface area (Å²) in [4.78, 5) is 35.3. The molecule has 4 aliphatic rings. The van der Waals surface area contributed by atoms with Crippen molar-refractivity contribution in [2.24, 2.45) is 0 Å². The molecule has 0 radical (unpaired) electrons. The van der Waals surface area contributed by atoms with Gasteiger partial charge in [-0.3, -0.25) is 4.79 Å². The average molecular weight is 524 g/mol. The number of ether oxygens (including phenoxy) is 1. The third-order valence-corrected chi connectivity index (χ3v) is 8.60. The van der Waals surface area contributed by atoms with E-state index in [1.54, 1.807) is 4.90 Å². The van der Waals surface area contributed by atoms with Crippen molar-refractivity contribution >= 4 is 17.5 Å². The zero-order valence-electron chi connectivity index (χ0n) is 22.5. The first-order valence-corrected chi connectivity index (χ1v) is 14.1. The Labute approximate surface area is 224 Å². The Morgan fingerprint density at radius 1 is 1.03 bits per heavy atom. The van der Waals surface area contributed by atoms with Crippen molar-refractivity contribution in [2.45, 2.75) is 70.8 Å². The molecule has 1 aliphatic carbocycles. The van der Waals surface area contributed by atoms with Crippen LogP contribution in [0.3, 0.4) is 0 Å². The molecule has 0 N–H and O–H groups in total. The minimum Gasteiger partial charge on any atom is -0.462 e. The number of likely N-dealkylation sites (N-methyl/N-ethyl adjacent to an activating group) is 1. The predicted octanol–water partition coefficient (Wildman–Crippen LogP) is 2.75. The van der Waals surface area contributed by atoms with Gasteiger partial charge in [0.15, 0.2) is 6.17 Å². The number of pyridine rings is 1. The van der Waals surface area contributed by atoms with Crippen LogP contribution in [0, 0.1) is 0 Å². The first kappa shape index (κ1) is 25.3. The van der Waals surface area contributed by atoms with E-state index in [2.05, 4.69) is 27.8 Å². The molecule has 2 aromatic heterocycles. The van der Waals surface area contributed by atoms with E-state index in [9.17, 15) is 9.18 Å². The Hall–Kier alpha value is -3.01. The second kappa shape index (κ2) is 10.6. The number of hydrogen-bond donors (Lipinski definition) is 0. The first-order valence-electron chi connectivity index (χ1n) is 14.1. The fraction of sp³-hybridized carbons (Fsp3) is 0.643. The van der Waals surface area contributed by atoms with Crippen molar-refractivity contribution in [3.63, 3.8) is 0 Å². The Morgan fingerprint density at radius 2 is 1.84 bits per heavy atom. The largest absolute Gasteiger partial charge is 0.462 e. The van der Waals surface area contributed by atoms with Gasteiger partial charge >= 0.3 is 6.01 Å². The Morgan fingerprint density at radius 3 is 2.61 bits per heavy atom. The predicted molar refractivity (Wildman–Crippen MR) is 143 cm³/mol. The Balaban J connectivity index is 1.27. The molecule has 0 bridgehead atoms. The first-order chi connectivity index (χ1) is 18.5. The van der Waals surface area contributed by atoms with Gasteiger partial charge in [-0.2, -0.15) is 9.97 Å². The third kappa shape index (κ3) is 4.90. The van der Waals surface area contributed by atoms with Gasteiger partial charge in [-0.25, -0.2) is 9.37 Å². The smallest absolute Gasteiger partial charge is 0.318 e. The highest BCUT2D eigenvalue weighted by Crippen LogP contribution is 2.37. The summed E-state index contributed by atoms with van der Waals surface area (Å²) in [5, 5.41) is 0. The molecule has 2 aromatic rings. The molecular formula is C28H38FN7O2. The Bertz CT molecular complexity index is 1180. The fourth-order valence-electron chi connectivity index (χ4n) is 6.36. The van der Waals surface area contributed by atoms with Crippen LogP contribution in [0.15, 0.2) is 12.3 Å². The summed E-state index contributed by atoms with van der Waals surface area (Å²) in [6.45, 7) is 6.50. The third-order valence-electron chi connectivity index (χ3n) is 8.60. The van der Waals surface area contributed by atoms with Crippen LogP contribution in [0.25, 0.3) is 0 Å². The standard InChI is InChI=1S/C28H38FN7O2/c1-19(29)27(37)35-14-12-34(13-15-35)26-23-16-36(25-22-8-4-3-6-20(22)9-10-30-25)17-24(23)31-28(32-26)38-18-21-7-5-11-33(21)2/h9-10,19,21H,3-8,11-18H2,1-2H3/t19-,21-/m0/s1. The lowest BCUT2D eigenvalue weighted by Gasteiger charge is -2.36. The lowest BCUT2D eigenvalue weighted by atomic mass is 9.92. The molecular weight excluding hydrogens is 485 g/mol. The average Bonchev–Trinajstić information content (AvgIpc) is 3.56. The lowest BCUT2D eigenvalue weighted by Crippen LogP contribution is -2.51. The molecule has 0 aromatic carbocycles. The van der Waals surface area contributed by atoms with E-state index < -0.39 is 12.1 Å². The van der Waals surface area contributed by atoms with Gasteiger partial charge in [-0.1, -0.05) is 0 Å². The molecule has 10 heteroatoms. The molecule has 0 unspecified atom stereocenters. The van der Waals surface area contributed by atoms with Gasteiger partial charge in [0, 0.05) is 44.0 Å². The summed E-state index contributed by atoms with van der Waals surface area (Å²) in [6.07, 6.45) is 7.38. The second-order valence-corrected chi connectivity index (χ2v) is 11.1. The minimum atomic E-state index is -1.48. The van der Waals surface area contributed by atoms with Crippen molar-refractivity contribution in [2.75, 3.05) is 56.2 Å². The highest BCUT2D eigenvalue weighted by molar-refractivity contribution is 5.80. The molecule has 6 rings (SSSR count). The van der Waals surface area contributed by atoms with E-state index in [1.807, 2.05) is 6.20 Å². The number of carbonyl (C=O) groups is 1. The van der Waals surface area contributed by atoms with E-state index in [0.29, 0.717) is 57.9 Å². The van der Waals surface area contributed by atoms with Gasteiger partial charge in [0.25, 0.3) is 5.91 Å². The maximum Gasteiger partial charge on any atom is 0.318 e. The van der Waals surface area contributed by atoms with Gasteiger partial charge in [0.2, 0.25) is 0 Å². The SMILES string of the molecule is C[C@H](F)C(=O)N1CCN(c2nc(OC[C@@H]3CCCN3C)nc3c2CN(c2nccc4c2CCCC4)C3)CC1. The van der Waals surface area contributed by atoms with Crippen molar-refractivity contribution in [1.82, 2.24) is 24.8 Å². The second-order valence-electron chi connectivity index (χ2n) is 11.1. The molecule has 2 saturated heterocycles. The van der Waals surface area contributed by atoms with E-state index >= 15 is 0 Å². The summed E-state index contributed by atoms with van der Waals surface area (Å²) < 4.78 is 19.8. The van der Waals surface area contributed by atoms with Gasteiger partial charge in [-0.05, 0) is 76.2 Å². The topological polar surface area (TPSA) is 77.9 Å². The number of alkyl halides is 1. The summed E-state index contributed by atoms with van der Waals surface area (Å²) in [7, 11) is 2.14. The van der Waals surface area contributed by atoms with Crippen LogP contribution in [-0.4, -0.2) is 89.3 Å². The molecule has 38 heavy (non-hydrogen) atoms. The van der Waals surface area contributed by atoms with E-state index in [0.717, 1.165) is 48.7 Å². The summed E-state index contributed by atoms with van der Waals surface area (Å²) in [5.41, 5.74) is 4.87. The van der Waals surface area contributed by atoms with Crippen molar-refractivity contribution in [1.29, 1.82) is 0 Å². The summed E-state index contributed by atoms with van der Waals surface area (Å²) >= 11 is 0. The van der Waals surface area contributed by atoms with Crippen molar-refractivity contribution in [3.8, 4) is 6.01 Å². The van der Waals surface area contributed by atoms with Crippen LogP contribution in [0.2, 0.25) is 0 Å². The molecule has 2 fully saturated rings. The number of rotatable bonds is 6. The molecule has 2 atom stereocenters. The quantitative estimate of drug-likeness (QED) is 0.572. The highest BCUT2D eigenvalue weighted by atomic mass is 19.1. The number of anilines is 2. The van der Waals surface area contributed by atoms with E-state index in [4.69, 9.17) is 19.7 Å². The summed E-state index contributed by atoms with van der Waals surface area (Å²) in [5.74, 6) is 1.50. The van der Waals surface area contributed by atoms with Gasteiger partial charge < -0.3 is 24.3 Å². The maximum atomic E-state index is 13.6. The normalized spacial score (nSPS) is 22.4. The molecule has 3 aliphatic heterocycles. The Kier molecular flexibility index (Phi) is 7.07. The number of fused-ring (bicyclic) bond motifs is 2. The van der Waals surface area contributed by atoms with Gasteiger partial charge in [0.1, 0.15) is 18.2 Å².